The fraction of sp³-hybridized carbons (Fsp3) is 0.588. The number of nitrogens with zero attached hydrogens (tertiary/aromatic N) is 1. The van der Waals surface area contributed by atoms with E-state index in [9.17, 15) is 4.79 Å². The Morgan fingerprint density at radius 1 is 1.15 bits per heavy atom. The van der Waals surface area contributed by atoms with E-state index in [4.69, 9.17) is 5.73 Å². The second-order valence-electron chi connectivity index (χ2n) is 6.30. The van der Waals surface area contributed by atoms with Crippen LogP contribution in [-0.4, -0.2) is 29.9 Å². The SMILES string of the molecule is NC1CCCC(C(=O)N2CCC(c3ccccc3)C2)C1. The summed E-state index contributed by atoms with van der Waals surface area (Å²) < 4.78 is 0. The first-order valence-electron chi connectivity index (χ1n) is 7.83. The minimum atomic E-state index is 0.174. The molecule has 0 aromatic heterocycles. The number of amides is 1. The molecule has 108 valence electrons. The molecule has 1 amide bonds. The maximum atomic E-state index is 12.6. The number of rotatable bonds is 2. The number of carbonyl (C=O) groups excluding carboxylic acids is 1. The van der Waals surface area contributed by atoms with E-state index in [1.54, 1.807) is 0 Å². The van der Waals surface area contributed by atoms with Gasteiger partial charge in [-0.25, -0.2) is 0 Å². The van der Waals surface area contributed by atoms with Crippen LogP contribution in [0.25, 0.3) is 0 Å². The van der Waals surface area contributed by atoms with Crippen LogP contribution in [0.3, 0.4) is 0 Å². The van der Waals surface area contributed by atoms with Crippen LogP contribution in [-0.2, 0) is 4.79 Å². The molecule has 3 rings (SSSR count). The van der Waals surface area contributed by atoms with Gasteiger partial charge in [-0.2, -0.15) is 0 Å². The smallest absolute Gasteiger partial charge is 0.225 e. The Balaban J connectivity index is 1.61. The van der Waals surface area contributed by atoms with Gasteiger partial charge in [0, 0.05) is 31.0 Å². The highest BCUT2D eigenvalue weighted by atomic mass is 16.2. The zero-order chi connectivity index (χ0) is 13.9. The van der Waals surface area contributed by atoms with Crippen LogP contribution in [0, 0.1) is 5.92 Å². The topological polar surface area (TPSA) is 46.3 Å². The highest BCUT2D eigenvalue weighted by Gasteiger charge is 2.33. The van der Waals surface area contributed by atoms with Gasteiger partial charge in [-0.15, -0.1) is 0 Å². The van der Waals surface area contributed by atoms with Crippen molar-refractivity contribution in [3.63, 3.8) is 0 Å². The van der Waals surface area contributed by atoms with Crippen molar-refractivity contribution in [2.75, 3.05) is 13.1 Å². The van der Waals surface area contributed by atoms with E-state index in [1.165, 1.54) is 5.56 Å². The van der Waals surface area contributed by atoms with Gasteiger partial charge in [-0.1, -0.05) is 36.8 Å². The van der Waals surface area contributed by atoms with Crippen LogP contribution in [0.2, 0.25) is 0 Å². The molecule has 0 radical (unpaired) electrons. The van der Waals surface area contributed by atoms with Gasteiger partial charge in [-0.05, 0) is 31.2 Å². The molecule has 2 N–H and O–H groups in total. The monoisotopic (exact) mass is 272 g/mol. The lowest BCUT2D eigenvalue weighted by Crippen LogP contribution is -2.39. The van der Waals surface area contributed by atoms with Gasteiger partial charge in [0.05, 0.1) is 0 Å². The van der Waals surface area contributed by atoms with Gasteiger partial charge in [0.2, 0.25) is 5.91 Å². The first-order valence-corrected chi connectivity index (χ1v) is 7.83. The average Bonchev–Trinajstić information content (AvgIpc) is 2.97. The second-order valence-corrected chi connectivity index (χ2v) is 6.30. The van der Waals surface area contributed by atoms with E-state index >= 15 is 0 Å². The molecule has 1 aromatic carbocycles. The molecule has 2 aliphatic rings. The Morgan fingerprint density at radius 2 is 1.95 bits per heavy atom. The number of benzene rings is 1. The van der Waals surface area contributed by atoms with Crippen LogP contribution < -0.4 is 5.73 Å². The second kappa shape index (κ2) is 5.96. The quantitative estimate of drug-likeness (QED) is 0.899. The number of carbonyl (C=O) groups is 1. The summed E-state index contributed by atoms with van der Waals surface area (Å²) in [6, 6.07) is 10.8. The predicted molar refractivity (Wildman–Crippen MR) is 80.3 cm³/mol. The van der Waals surface area contributed by atoms with Crippen molar-refractivity contribution >= 4 is 5.91 Å². The van der Waals surface area contributed by atoms with Crippen LogP contribution in [0.5, 0.6) is 0 Å². The molecule has 3 heteroatoms. The lowest BCUT2D eigenvalue weighted by atomic mass is 9.85. The molecule has 20 heavy (non-hydrogen) atoms. The zero-order valence-corrected chi connectivity index (χ0v) is 12.0. The molecule has 0 bridgehead atoms. The van der Waals surface area contributed by atoms with E-state index in [0.29, 0.717) is 11.8 Å². The summed E-state index contributed by atoms with van der Waals surface area (Å²) in [6.07, 6.45) is 5.18. The van der Waals surface area contributed by atoms with Crippen molar-refractivity contribution in [3.8, 4) is 0 Å². The fourth-order valence-corrected chi connectivity index (χ4v) is 3.67. The standard InChI is InChI=1S/C17H24N2O/c18-16-8-4-7-14(11-16)17(20)19-10-9-15(12-19)13-5-2-1-3-6-13/h1-3,5-6,14-16H,4,7-12,18H2. The molecule has 3 atom stereocenters. The van der Waals surface area contributed by atoms with Crippen molar-refractivity contribution < 1.29 is 4.79 Å². The predicted octanol–water partition coefficient (Wildman–Crippen LogP) is 2.52. The third-order valence-electron chi connectivity index (χ3n) is 4.83. The Kier molecular flexibility index (Phi) is 4.06. The first-order chi connectivity index (χ1) is 9.74. The van der Waals surface area contributed by atoms with Crippen molar-refractivity contribution in [1.29, 1.82) is 0 Å². The number of likely N-dealkylation sites (tertiary alicyclic amines) is 1. The van der Waals surface area contributed by atoms with Gasteiger partial charge in [-0.3, -0.25) is 4.79 Å². The average molecular weight is 272 g/mol. The first kappa shape index (κ1) is 13.6. The van der Waals surface area contributed by atoms with Crippen molar-refractivity contribution in [2.45, 2.75) is 44.1 Å². The summed E-state index contributed by atoms with van der Waals surface area (Å²) in [4.78, 5) is 14.7. The molecule has 1 saturated heterocycles. The lowest BCUT2D eigenvalue weighted by Gasteiger charge is -2.29. The van der Waals surface area contributed by atoms with Crippen molar-refractivity contribution in [3.05, 3.63) is 35.9 Å². The summed E-state index contributed by atoms with van der Waals surface area (Å²) in [5, 5.41) is 0. The molecule has 1 saturated carbocycles. The molecule has 1 aromatic rings. The van der Waals surface area contributed by atoms with Crippen molar-refractivity contribution in [2.24, 2.45) is 11.7 Å². The Bertz CT molecular complexity index is 459. The van der Waals surface area contributed by atoms with E-state index in [0.717, 1.165) is 45.2 Å². The van der Waals surface area contributed by atoms with Gasteiger partial charge >= 0.3 is 0 Å². The minimum absolute atomic E-state index is 0.174. The van der Waals surface area contributed by atoms with E-state index in [-0.39, 0.29) is 12.0 Å². The summed E-state index contributed by atoms with van der Waals surface area (Å²) in [7, 11) is 0. The molecule has 0 spiro atoms. The Morgan fingerprint density at radius 3 is 2.70 bits per heavy atom. The summed E-state index contributed by atoms with van der Waals surface area (Å²) >= 11 is 0. The number of nitrogens with two attached hydrogens (primary N) is 1. The molecule has 3 nitrogen and oxygen atoms in total. The fourth-order valence-electron chi connectivity index (χ4n) is 3.67. The van der Waals surface area contributed by atoms with Crippen LogP contribution in [0.1, 0.15) is 43.6 Å². The summed E-state index contributed by atoms with van der Waals surface area (Å²) in [6.45, 7) is 1.79. The molecular weight excluding hydrogens is 248 g/mol. The minimum Gasteiger partial charge on any atom is -0.342 e. The van der Waals surface area contributed by atoms with Gasteiger partial charge in [0.25, 0.3) is 0 Å². The number of hydrogen-bond acceptors (Lipinski definition) is 2. The van der Waals surface area contributed by atoms with Gasteiger partial charge < -0.3 is 10.6 Å². The highest BCUT2D eigenvalue weighted by molar-refractivity contribution is 5.79. The third-order valence-corrected chi connectivity index (χ3v) is 4.83. The van der Waals surface area contributed by atoms with Gasteiger partial charge in [0.15, 0.2) is 0 Å². The Labute approximate surface area is 121 Å². The third kappa shape index (κ3) is 2.88. The summed E-state index contributed by atoms with van der Waals surface area (Å²) in [5.74, 6) is 1.03. The van der Waals surface area contributed by atoms with Crippen LogP contribution in [0.4, 0.5) is 0 Å². The van der Waals surface area contributed by atoms with E-state index < -0.39 is 0 Å². The van der Waals surface area contributed by atoms with Gasteiger partial charge in [0.1, 0.15) is 0 Å². The molecule has 2 fully saturated rings. The van der Waals surface area contributed by atoms with Crippen LogP contribution in [0.15, 0.2) is 30.3 Å². The molecule has 1 aliphatic heterocycles. The molecule has 1 aliphatic carbocycles. The summed E-state index contributed by atoms with van der Waals surface area (Å²) in [5.41, 5.74) is 7.37. The highest BCUT2D eigenvalue weighted by Crippen LogP contribution is 2.31. The van der Waals surface area contributed by atoms with E-state index in [2.05, 4.69) is 29.2 Å². The normalized spacial score (nSPS) is 30.4. The zero-order valence-electron chi connectivity index (χ0n) is 12.0. The molecular formula is C17H24N2O. The van der Waals surface area contributed by atoms with E-state index in [1.807, 2.05) is 6.07 Å². The Hall–Kier alpha value is -1.35. The molecule has 3 unspecified atom stereocenters. The number of hydrogen-bond donors (Lipinski definition) is 1. The maximum Gasteiger partial charge on any atom is 0.225 e. The molecule has 1 heterocycles. The lowest BCUT2D eigenvalue weighted by molar-refractivity contribution is -0.135. The largest absolute Gasteiger partial charge is 0.342 e. The maximum absolute atomic E-state index is 12.6. The van der Waals surface area contributed by atoms with Crippen molar-refractivity contribution in [1.82, 2.24) is 4.90 Å². The van der Waals surface area contributed by atoms with Crippen LogP contribution >= 0.6 is 0 Å².